The van der Waals surface area contributed by atoms with E-state index in [4.69, 9.17) is 9.47 Å². The molecule has 1 N–H and O–H groups in total. The van der Waals surface area contributed by atoms with E-state index in [-0.39, 0.29) is 18.3 Å². The Morgan fingerprint density at radius 2 is 1.86 bits per heavy atom. The summed E-state index contributed by atoms with van der Waals surface area (Å²) in [6, 6.07) is 18.4. The molecule has 0 saturated heterocycles. The fourth-order valence-corrected chi connectivity index (χ4v) is 3.34. The minimum Gasteiger partial charge on any atom is -0.486 e. The average Bonchev–Trinajstić information content (AvgIpc) is 3.15. The van der Waals surface area contributed by atoms with Crippen LogP contribution in [0.4, 0.5) is 13.6 Å². The van der Waals surface area contributed by atoms with Crippen molar-refractivity contribution >= 4 is 6.09 Å². The van der Waals surface area contributed by atoms with Crippen LogP contribution in [0.15, 0.2) is 66.7 Å². The molecule has 29 heavy (non-hydrogen) atoms. The van der Waals surface area contributed by atoms with Crippen molar-refractivity contribution in [2.24, 2.45) is 0 Å². The Morgan fingerprint density at radius 1 is 1.03 bits per heavy atom. The van der Waals surface area contributed by atoms with Crippen molar-refractivity contribution in [3.05, 3.63) is 89.5 Å². The molecule has 1 atom stereocenters. The number of rotatable bonds is 5. The van der Waals surface area contributed by atoms with E-state index >= 15 is 0 Å². The summed E-state index contributed by atoms with van der Waals surface area (Å²) in [4.78, 5) is 11.9. The van der Waals surface area contributed by atoms with Crippen molar-refractivity contribution in [2.75, 3.05) is 6.61 Å². The number of hydrogen-bond donors (Lipinski definition) is 1. The summed E-state index contributed by atoms with van der Waals surface area (Å²) in [6.45, 7) is 0.445. The van der Waals surface area contributed by atoms with Gasteiger partial charge in [-0.15, -0.1) is 0 Å². The Bertz CT molecular complexity index is 1020. The monoisotopic (exact) mass is 395 g/mol. The first-order valence-corrected chi connectivity index (χ1v) is 9.28. The first-order chi connectivity index (χ1) is 14.1. The van der Waals surface area contributed by atoms with E-state index < -0.39 is 17.7 Å². The summed E-state index contributed by atoms with van der Waals surface area (Å²) >= 11 is 0. The Hall–Kier alpha value is -3.41. The number of nitrogens with one attached hydrogen (secondary N) is 1. The molecular formula is C23H19F2NO3. The first kappa shape index (κ1) is 18.9. The topological polar surface area (TPSA) is 47.6 Å². The first-order valence-electron chi connectivity index (χ1n) is 9.28. The van der Waals surface area contributed by atoms with E-state index in [1.165, 1.54) is 12.1 Å². The summed E-state index contributed by atoms with van der Waals surface area (Å²) < 4.78 is 38.6. The highest BCUT2D eigenvalue weighted by atomic mass is 19.1. The Kier molecular flexibility index (Phi) is 5.42. The van der Waals surface area contributed by atoms with Crippen LogP contribution in [0.3, 0.4) is 0 Å². The molecule has 0 radical (unpaired) electrons. The third-order valence-electron chi connectivity index (χ3n) is 4.73. The van der Waals surface area contributed by atoms with Crippen molar-refractivity contribution in [3.63, 3.8) is 0 Å². The molecular weight excluding hydrogens is 376 g/mol. The standard InChI is InChI=1S/C23H19F2NO3/c24-17-9-10-19(21(25)12-17)20-8-4-7-16-11-18(29-22(16)20)14-28-23(27)26-13-15-5-2-1-3-6-15/h1-10,12,18H,11,13-14H2,(H,26,27). The normalized spacial score (nSPS) is 14.8. The summed E-state index contributed by atoms with van der Waals surface area (Å²) in [5, 5.41) is 2.69. The molecule has 0 fully saturated rings. The molecule has 4 nitrogen and oxygen atoms in total. The van der Waals surface area contributed by atoms with Crippen molar-refractivity contribution in [1.82, 2.24) is 5.32 Å². The molecule has 1 heterocycles. The molecule has 148 valence electrons. The SMILES string of the molecule is O=C(NCc1ccccc1)OCC1Cc2cccc(-c3ccc(F)cc3F)c2O1. The smallest absolute Gasteiger partial charge is 0.407 e. The van der Waals surface area contributed by atoms with Crippen LogP contribution in [0.5, 0.6) is 5.75 Å². The van der Waals surface area contributed by atoms with Gasteiger partial charge in [-0.2, -0.15) is 0 Å². The zero-order valence-corrected chi connectivity index (χ0v) is 15.5. The fourth-order valence-electron chi connectivity index (χ4n) is 3.34. The molecule has 0 bridgehead atoms. The summed E-state index contributed by atoms with van der Waals surface area (Å²) in [6.07, 6.45) is -0.354. The van der Waals surface area contributed by atoms with E-state index in [1.807, 2.05) is 36.4 Å². The van der Waals surface area contributed by atoms with E-state index in [9.17, 15) is 13.6 Å². The van der Waals surface area contributed by atoms with Gasteiger partial charge in [0.15, 0.2) is 0 Å². The number of carbonyl (C=O) groups is 1. The van der Waals surface area contributed by atoms with Crippen molar-refractivity contribution in [3.8, 4) is 16.9 Å². The van der Waals surface area contributed by atoms with E-state index in [0.29, 0.717) is 24.3 Å². The van der Waals surface area contributed by atoms with Crippen molar-refractivity contribution in [2.45, 2.75) is 19.1 Å². The number of ether oxygens (including phenoxy) is 2. The lowest BCUT2D eigenvalue weighted by Crippen LogP contribution is -2.29. The molecule has 1 unspecified atom stereocenters. The number of hydrogen-bond acceptors (Lipinski definition) is 3. The Balaban J connectivity index is 1.37. The highest BCUT2D eigenvalue weighted by Gasteiger charge is 2.27. The van der Waals surface area contributed by atoms with Crippen LogP contribution < -0.4 is 10.1 Å². The van der Waals surface area contributed by atoms with Crippen LogP contribution in [-0.2, 0) is 17.7 Å². The molecule has 3 aromatic carbocycles. The number of para-hydroxylation sites is 1. The van der Waals surface area contributed by atoms with Crippen molar-refractivity contribution in [1.29, 1.82) is 0 Å². The maximum absolute atomic E-state index is 14.2. The van der Waals surface area contributed by atoms with Gasteiger partial charge in [-0.05, 0) is 23.3 Å². The van der Waals surface area contributed by atoms with Gasteiger partial charge in [-0.25, -0.2) is 13.6 Å². The van der Waals surface area contributed by atoms with Crippen LogP contribution >= 0.6 is 0 Å². The third-order valence-corrected chi connectivity index (χ3v) is 4.73. The van der Waals surface area contributed by atoms with E-state index in [0.717, 1.165) is 17.2 Å². The van der Waals surface area contributed by atoms with Crippen LogP contribution in [0.2, 0.25) is 0 Å². The molecule has 1 amide bonds. The highest BCUT2D eigenvalue weighted by molar-refractivity contribution is 5.73. The molecule has 0 aliphatic carbocycles. The van der Waals surface area contributed by atoms with Gasteiger partial charge in [0, 0.05) is 30.2 Å². The zero-order chi connectivity index (χ0) is 20.2. The number of fused-ring (bicyclic) bond motifs is 1. The largest absolute Gasteiger partial charge is 0.486 e. The zero-order valence-electron chi connectivity index (χ0n) is 15.5. The second kappa shape index (κ2) is 8.31. The molecule has 3 aromatic rings. The Labute approximate surface area is 167 Å². The molecule has 0 aromatic heterocycles. The lowest BCUT2D eigenvalue weighted by molar-refractivity contribution is 0.0924. The highest BCUT2D eigenvalue weighted by Crippen LogP contribution is 2.39. The minimum atomic E-state index is -0.651. The number of benzene rings is 3. The minimum absolute atomic E-state index is 0.0701. The molecule has 4 rings (SSSR count). The molecule has 0 spiro atoms. The molecule has 0 saturated carbocycles. The number of alkyl carbamates (subject to hydrolysis) is 1. The number of amides is 1. The molecule has 6 heteroatoms. The van der Waals surface area contributed by atoms with Gasteiger partial charge in [-0.3, -0.25) is 0 Å². The second-order valence-electron chi connectivity index (χ2n) is 6.80. The maximum atomic E-state index is 14.2. The quantitative estimate of drug-likeness (QED) is 0.671. The molecule has 1 aliphatic rings. The van der Waals surface area contributed by atoms with Crippen LogP contribution in [0.1, 0.15) is 11.1 Å². The maximum Gasteiger partial charge on any atom is 0.407 e. The number of halogens is 2. The summed E-state index contributed by atoms with van der Waals surface area (Å²) in [7, 11) is 0. The lowest BCUT2D eigenvalue weighted by Gasteiger charge is -2.14. The van der Waals surface area contributed by atoms with Crippen LogP contribution in [0, 0.1) is 11.6 Å². The van der Waals surface area contributed by atoms with Gasteiger partial charge in [0.1, 0.15) is 30.1 Å². The predicted molar refractivity (Wildman–Crippen MR) is 105 cm³/mol. The lowest BCUT2D eigenvalue weighted by atomic mass is 10.00. The fraction of sp³-hybridized carbons (Fsp3) is 0.174. The molecule has 1 aliphatic heterocycles. The summed E-state index contributed by atoms with van der Waals surface area (Å²) in [5.41, 5.74) is 2.69. The van der Waals surface area contributed by atoms with E-state index in [1.54, 1.807) is 12.1 Å². The van der Waals surface area contributed by atoms with Crippen molar-refractivity contribution < 1.29 is 23.0 Å². The average molecular weight is 395 g/mol. The van der Waals surface area contributed by atoms with Crippen LogP contribution in [-0.4, -0.2) is 18.8 Å². The van der Waals surface area contributed by atoms with Gasteiger partial charge in [0.05, 0.1) is 0 Å². The van der Waals surface area contributed by atoms with Gasteiger partial charge in [0.2, 0.25) is 0 Å². The van der Waals surface area contributed by atoms with E-state index in [2.05, 4.69) is 5.32 Å². The second-order valence-corrected chi connectivity index (χ2v) is 6.80. The van der Waals surface area contributed by atoms with Gasteiger partial charge in [0.25, 0.3) is 0 Å². The third kappa shape index (κ3) is 4.37. The predicted octanol–water partition coefficient (Wildman–Crippen LogP) is 4.86. The number of carbonyl (C=O) groups excluding carboxylic acids is 1. The van der Waals surface area contributed by atoms with Gasteiger partial charge < -0.3 is 14.8 Å². The Morgan fingerprint density at radius 3 is 2.66 bits per heavy atom. The van der Waals surface area contributed by atoms with Gasteiger partial charge in [-0.1, -0.05) is 48.5 Å². The van der Waals surface area contributed by atoms with Crippen LogP contribution in [0.25, 0.3) is 11.1 Å². The summed E-state index contributed by atoms with van der Waals surface area (Å²) in [5.74, 6) is -0.745. The van der Waals surface area contributed by atoms with Gasteiger partial charge >= 0.3 is 6.09 Å².